The Morgan fingerprint density at radius 2 is 1.03 bits per heavy atom. The van der Waals surface area contributed by atoms with Crippen molar-refractivity contribution in [3.63, 3.8) is 0 Å². The zero-order valence-electron chi connectivity index (χ0n) is 22.0. The van der Waals surface area contributed by atoms with Crippen molar-refractivity contribution in [1.29, 1.82) is 0 Å². The minimum absolute atomic E-state index is 0.390. The van der Waals surface area contributed by atoms with E-state index in [-0.39, 0.29) is 0 Å². The van der Waals surface area contributed by atoms with E-state index in [1.807, 2.05) is 41.5 Å². The first kappa shape index (κ1) is 30.2. The third-order valence-electron chi connectivity index (χ3n) is 3.99. The maximum absolute atomic E-state index is 11.7. The highest BCUT2D eigenvalue weighted by Crippen LogP contribution is 2.28. The second kappa shape index (κ2) is 15.2. The lowest BCUT2D eigenvalue weighted by molar-refractivity contribution is 0.0514. The Bertz CT molecular complexity index is 717. The van der Waals surface area contributed by atoms with Gasteiger partial charge in [-0.2, -0.15) is 0 Å². The van der Waals surface area contributed by atoms with Crippen molar-refractivity contribution in [2.24, 2.45) is 5.73 Å². The summed E-state index contributed by atoms with van der Waals surface area (Å²) in [5.74, 6) is 1.80. The van der Waals surface area contributed by atoms with E-state index in [1.165, 1.54) is 0 Å². The Morgan fingerprint density at radius 3 is 1.34 bits per heavy atom. The molecule has 1 aromatic carbocycles. The van der Waals surface area contributed by atoms with Crippen molar-refractivity contribution in [2.45, 2.75) is 72.0 Å². The Labute approximate surface area is 209 Å². The number of rotatable bonds is 14. The van der Waals surface area contributed by atoms with Crippen LogP contribution in [0.25, 0.3) is 0 Å². The summed E-state index contributed by atoms with van der Waals surface area (Å²) in [4.78, 5) is 23.4. The summed E-state index contributed by atoms with van der Waals surface area (Å²) in [5.41, 5.74) is 4.47. The summed E-state index contributed by atoms with van der Waals surface area (Å²) in [6.07, 6.45) is 1.02. The molecule has 10 heteroatoms. The normalized spacial score (nSPS) is 11.4. The summed E-state index contributed by atoms with van der Waals surface area (Å²) in [5, 5.41) is 5.40. The molecule has 0 aromatic heterocycles. The van der Waals surface area contributed by atoms with Crippen LogP contribution in [0.5, 0.6) is 17.2 Å². The molecular weight excluding hydrogens is 454 g/mol. The van der Waals surface area contributed by atoms with Gasteiger partial charge in [-0.3, -0.25) is 0 Å². The summed E-state index contributed by atoms with van der Waals surface area (Å²) >= 11 is 0. The van der Waals surface area contributed by atoms with Crippen LogP contribution in [-0.4, -0.2) is 62.8 Å². The zero-order chi connectivity index (χ0) is 26.3. The van der Waals surface area contributed by atoms with Gasteiger partial charge in [-0.15, -0.1) is 0 Å². The van der Waals surface area contributed by atoms with Crippen LogP contribution in [0.3, 0.4) is 0 Å². The number of carbonyl (C=O) groups excluding carboxylic acids is 2. The number of hydrogen-bond donors (Lipinski definition) is 3. The fraction of sp³-hybridized carbons (Fsp3) is 0.680. The molecule has 35 heavy (non-hydrogen) atoms. The van der Waals surface area contributed by atoms with E-state index < -0.39 is 23.4 Å². The van der Waals surface area contributed by atoms with Crippen LogP contribution in [0.2, 0.25) is 0 Å². The summed E-state index contributed by atoms with van der Waals surface area (Å²) in [6, 6.07) is 5.35. The van der Waals surface area contributed by atoms with E-state index in [2.05, 4.69) is 10.6 Å². The van der Waals surface area contributed by atoms with E-state index in [1.54, 1.807) is 18.2 Å². The fourth-order valence-corrected chi connectivity index (χ4v) is 2.60. The number of ether oxygens (including phenoxy) is 5. The molecular formula is C25H43N3O7. The maximum atomic E-state index is 11.7. The van der Waals surface area contributed by atoms with Crippen molar-refractivity contribution < 1.29 is 33.3 Å². The van der Waals surface area contributed by atoms with Gasteiger partial charge < -0.3 is 40.1 Å². The Hall–Kier alpha value is -2.88. The molecule has 1 aromatic rings. The number of hydrogen-bond acceptors (Lipinski definition) is 8. The molecule has 0 spiro atoms. The van der Waals surface area contributed by atoms with Gasteiger partial charge in [0.25, 0.3) is 0 Å². The molecule has 0 aliphatic heterocycles. The molecule has 2 amide bonds. The molecule has 0 aliphatic rings. The summed E-state index contributed by atoms with van der Waals surface area (Å²) in [6.45, 7) is 13.5. The molecule has 0 unspecified atom stereocenters. The van der Waals surface area contributed by atoms with Gasteiger partial charge in [0.2, 0.25) is 0 Å². The number of nitrogens with two attached hydrogens (primary N) is 1. The predicted molar refractivity (Wildman–Crippen MR) is 134 cm³/mol. The predicted octanol–water partition coefficient (Wildman–Crippen LogP) is 4.00. The van der Waals surface area contributed by atoms with E-state index in [0.717, 1.165) is 6.42 Å². The number of amides is 2. The zero-order valence-corrected chi connectivity index (χ0v) is 22.0. The van der Waals surface area contributed by atoms with Crippen LogP contribution in [0.1, 0.15) is 60.8 Å². The largest absolute Gasteiger partial charge is 0.493 e. The Kier molecular flexibility index (Phi) is 13.1. The fourth-order valence-electron chi connectivity index (χ4n) is 2.60. The maximum Gasteiger partial charge on any atom is 0.407 e. The molecule has 4 N–H and O–H groups in total. The first-order valence-corrected chi connectivity index (χ1v) is 12.1. The van der Waals surface area contributed by atoms with E-state index >= 15 is 0 Å². The average Bonchev–Trinajstić information content (AvgIpc) is 2.71. The molecule has 0 fully saturated rings. The van der Waals surface area contributed by atoms with Crippen molar-refractivity contribution in [1.82, 2.24) is 10.6 Å². The molecule has 0 heterocycles. The molecule has 0 saturated heterocycles. The van der Waals surface area contributed by atoms with Gasteiger partial charge >= 0.3 is 12.2 Å². The second-order valence-corrected chi connectivity index (χ2v) is 9.89. The van der Waals surface area contributed by atoms with Crippen LogP contribution < -0.4 is 30.6 Å². The standard InChI is InChI=1S/C25H43N3O7/c1-24(2,3)34-22(29)27-11-8-14-32-20-16-19(31-13-7-10-26)17-21(18-20)33-15-9-12-28-23(30)35-25(4,5)6/h16-18H,7-15,26H2,1-6H3,(H,27,29)(H,28,30). The van der Waals surface area contributed by atoms with Gasteiger partial charge in [0, 0.05) is 31.3 Å². The lowest BCUT2D eigenvalue weighted by atomic mass is 10.2. The quantitative estimate of drug-likeness (QED) is 0.329. The van der Waals surface area contributed by atoms with Crippen molar-refractivity contribution >= 4 is 12.2 Å². The van der Waals surface area contributed by atoms with Gasteiger partial charge in [-0.25, -0.2) is 9.59 Å². The van der Waals surface area contributed by atoms with Gasteiger partial charge in [-0.1, -0.05) is 0 Å². The highest BCUT2D eigenvalue weighted by Gasteiger charge is 2.16. The molecule has 10 nitrogen and oxygen atoms in total. The highest BCUT2D eigenvalue weighted by molar-refractivity contribution is 5.67. The van der Waals surface area contributed by atoms with Crippen LogP contribution in [0.4, 0.5) is 9.59 Å². The number of alkyl carbamates (subject to hydrolysis) is 2. The average molecular weight is 498 g/mol. The van der Waals surface area contributed by atoms with Crippen molar-refractivity contribution in [3.8, 4) is 17.2 Å². The van der Waals surface area contributed by atoms with Gasteiger partial charge in [0.15, 0.2) is 0 Å². The highest BCUT2D eigenvalue weighted by atomic mass is 16.6. The van der Waals surface area contributed by atoms with Crippen LogP contribution in [0.15, 0.2) is 18.2 Å². The Morgan fingerprint density at radius 1 is 0.686 bits per heavy atom. The third kappa shape index (κ3) is 16.4. The van der Waals surface area contributed by atoms with Crippen LogP contribution in [0, 0.1) is 0 Å². The molecule has 0 saturated carbocycles. The van der Waals surface area contributed by atoms with Crippen LogP contribution >= 0.6 is 0 Å². The lowest BCUT2D eigenvalue weighted by Crippen LogP contribution is -2.33. The second-order valence-electron chi connectivity index (χ2n) is 9.89. The van der Waals surface area contributed by atoms with E-state index in [9.17, 15) is 9.59 Å². The molecule has 0 aliphatic carbocycles. The Balaban J connectivity index is 2.50. The van der Waals surface area contributed by atoms with Gasteiger partial charge in [0.1, 0.15) is 28.5 Å². The topological polar surface area (TPSA) is 130 Å². The van der Waals surface area contributed by atoms with Gasteiger partial charge in [0.05, 0.1) is 19.8 Å². The smallest absolute Gasteiger partial charge is 0.407 e. The summed E-state index contributed by atoms with van der Waals surface area (Å²) < 4.78 is 27.8. The van der Waals surface area contributed by atoms with Crippen molar-refractivity contribution in [2.75, 3.05) is 39.5 Å². The number of carbonyl (C=O) groups is 2. The summed E-state index contributed by atoms with van der Waals surface area (Å²) in [7, 11) is 0. The lowest BCUT2D eigenvalue weighted by Gasteiger charge is -2.19. The molecule has 0 atom stereocenters. The van der Waals surface area contributed by atoms with Crippen LogP contribution in [-0.2, 0) is 9.47 Å². The van der Waals surface area contributed by atoms with Gasteiger partial charge in [-0.05, 0) is 67.3 Å². The third-order valence-corrected chi connectivity index (χ3v) is 3.99. The minimum atomic E-state index is -0.535. The SMILES string of the molecule is CC(C)(C)OC(=O)NCCCOc1cc(OCCCN)cc(OCCCNC(=O)OC(C)(C)C)c1. The minimum Gasteiger partial charge on any atom is -0.493 e. The first-order valence-electron chi connectivity index (χ1n) is 12.1. The van der Waals surface area contributed by atoms with Crippen molar-refractivity contribution in [3.05, 3.63) is 18.2 Å². The monoisotopic (exact) mass is 497 g/mol. The van der Waals surface area contributed by atoms with E-state index in [0.29, 0.717) is 69.5 Å². The molecule has 200 valence electrons. The molecule has 0 bridgehead atoms. The molecule has 0 radical (unpaired) electrons. The molecule has 1 rings (SSSR count). The number of benzene rings is 1. The first-order chi connectivity index (χ1) is 16.4. The van der Waals surface area contributed by atoms with E-state index in [4.69, 9.17) is 29.4 Å². The number of nitrogens with one attached hydrogen (secondary N) is 2.